The molecular formula is C18H28O10. The molecule has 0 bridgehead atoms. The van der Waals surface area contributed by atoms with Crippen molar-refractivity contribution in [3.8, 4) is 0 Å². The van der Waals surface area contributed by atoms with Crippen LogP contribution < -0.4 is 0 Å². The lowest BCUT2D eigenvalue weighted by atomic mass is 9.98. The fraction of sp³-hybridized carbons (Fsp3) is 0.778. The Balaban J connectivity index is 3.21. The first kappa shape index (κ1) is 23.8. The molecule has 1 fully saturated rings. The van der Waals surface area contributed by atoms with Crippen LogP contribution in [0.5, 0.6) is 0 Å². The Morgan fingerprint density at radius 3 is 1.82 bits per heavy atom. The maximum absolute atomic E-state index is 11.6. The standard InChI is InChI=1S/C18H28O10/c1-6-7-8-23-18-17(27-13(5)22)16(26-12(4)21)15(25-11(3)20)14(28-18)9-24-10(2)19/h14-18H,6-9H2,1-5H3/t14-,15+,16+,17-,18-/m1/s1. The maximum atomic E-state index is 11.6. The molecule has 10 nitrogen and oxygen atoms in total. The summed E-state index contributed by atoms with van der Waals surface area (Å²) in [5, 5.41) is 0. The predicted octanol–water partition coefficient (Wildman–Crippen LogP) is 0.886. The third-order valence-corrected chi connectivity index (χ3v) is 3.73. The zero-order chi connectivity index (χ0) is 21.3. The molecule has 28 heavy (non-hydrogen) atoms. The van der Waals surface area contributed by atoms with Crippen molar-refractivity contribution in [3.63, 3.8) is 0 Å². The number of hydrogen-bond donors (Lipinski definition) is 0. The summed E-state index contributed by atoms with van der Waals surface area (Å²) in [7, 11) is 0. The summed E-state index contributed by atoms with van der Waals surface area (Å²) < 4.78 is 32.2. The molecule has 0 unspecified atom stereocenters. The Labute approximate surface area is 163 Å². The van der Waals surface area contributed by atoms with E-state index < -0.39 is 54.6 Å². The summed E-state index contributed by atoms with van der Waals surface area (Å²) in [5.41, 5.74) is 0. The first-order valence-electron chi connectivity index (χ1n) is 9.07. The van der Waals surface area contributed by atoms with Crippen LogP contribution in [0, 0.1) is 0 Å². The maximum Gasteiger partial charge on any atom is 0.303 e. The zero-order valence-electron chi connectivity index (χ0n) is 16.8. The van der Waals surface area contributed by atoms with E-state index in [4.69, 9.17) is 28.4 Å². The van der Waals surface area contributed by atoms with Crippen LogP contribution in [0.2, 0.25) is 0 Å². The Kier molecular flexibility index (Phi) is 9.88. The number of carbonyl (C=O) groups excluding carboxylic acids is 4. The van der Waals surface area contributed by atoms with E-state index >= 15 is 0 Å². The molecule has 0 aromatic heterocycles. The smallest absolute Gasteiger partial charge is 0.303 e. The van der Waals surface area contributed by atoms with E-state index in [1.54, 1.807) is 0 Å². The lowest BCUT2D eigenvalue weighted by Gasteiger charge is -2.44. The van der Waals surface area contributed by atoms with E-state index in [0.29, 0.717) is 13.0 Å². The minimum atomic E-state index is -1.20. The molecule has 160 valence electrons. The number of hydrogen-bond acceptors (Lipinski definition) is 10. The van der Waals surface area contributed by atoms with Crippen molar-refractivity contribution in [3.05, 3.63) is 0 Å². The van der Waals surface area contributed by atoms with Gasteiger partial charge >= 0.3 is 23.9 Å². The van der Waals surface area contributed by atoms with Crippen molar-refractivity contribution in [1.29, 1.82) is 0 Å². The second-order valence-electron chi connectivity index (χ2n) is 6.29. The van der Waals surface area contributed by atoms with Gasteiger partial charge in [0.05, 0.1) is 0 Å². The quantitative estimate of drug-likeness (QED) is 0.311. The van der Waals surface area contributed by atoms with Gasteiger partial charge in [-0.3, -0.25) is 19.2 Å². The highest BCUT2D eigenvalue weighted by molar-refractivity contribution is 5.68. The summed E-state index contributed by atoms with van der Waals surface area (Å²) in [6.07, 6.45) is -4.07. The summed E-state index contributed by atoms with van der Waals surface area (Å²) in [6, 6.07) is 0. The van der Waals surface area contributed by atoms with Crippen LogP contribution in [0.25, 0.3) is 0 Å². The lowest BCUT2D eigenvalue weighted by Crippen LogP contribution is -2.63. The molecule has 0 aromatic rings. The highest BCUT2D eigenvalue weighted by atomic mass is 16.7. The molecule has 0 aromatic carbocycles. The Hall–Kier alpha value is -2.20. The Bertz CT molecular complexity index is 561. The number of esters is 4. The molecule has 0 N–H and O–H groups in total. The first-order chi connectivity index (χ1) is 13.1. The van der Waals surface area contributed by atoms with Crippen molar-refractivity contribution in [2.75, 3.05) is 13.2 Å². The normalized spacial score (nSPS) is 26.8. The van der Waals surface area contributed by atoms with E-state index in [9.17, 15) is 19.2 Å². The van der Waals surface area contributed by atoms with Crippen LogP contribution >= 0.6 is 0 Å². The van der Waals surface area contributed by atoms with Crippen molar-refractivity contribution in [2.45, 2.75) is 78.2 Å². The van der Waals surface area contributed by atoms with Gasteiger partial charge in [0.2, 0.25) is 0 Å². The molecule has 0 radical (unpaired) electrons. The van der Waals surface area contributed by atoms with Gasteiger partial charge in [0, 0.05) is 34.3 Å². The average molecular weight is 404 g/mol. The summed E-state index contributed by atoms with van der Waals surface area (Å²) >= 11 is 0. The van der Waals surface area contributed by atoms with Crippen LogP contribution in [0.1, 0.15) is 47.5 Å². The zero-order valence-corrected chi connectivity index (χ0v) is 16.8. The Morgan fingerprint density at radius 1 is 0.786 bits per heavy atom. The number of unbranched alkanes of at least 4 members (excludes halogenated alkanes) is 1. The molecule has 1 saturated heterocycles. The molecular weight excluding hydrogens is 376 g/mol. The fourth-order valence-corrected chi connectivity index (χ4v) is 2.67. The fourth-order valence-electron chi connectivity index (χ4n) is 2.67. The third kappa shape index (κ3) is 7.81. The number of rotatable bonds is 9. The van der Waals surface area contributed by atoms with Gasteiger partial charge in [-0.1, -0.05) is 13.3 Å². The van der Waals surface area contributed by atoms with E-state index in [1.165, 1.54) is 27.7 Å². The number of ether oxygens (including phenoxy) is 6. The van der Waals surface area contributed by atoms with E-state index in [-0.39, 0.29) is 6.61 Å². The van der Waals surface area contributed by atoms with Gasteiger partial charge in [-0.15, -0.1) is 0 Å². The minimum Gasteiger partial charge on any atom is -0.463 e. The van der Waals surface area contributed by atoms with Gasteiger partial charge in [0.15, 0.2) is 24.6 Å². The molecule has 10 heteroatoms. The SMILES string of the molecule is CCCCO[C@@H]1O[C@H](COC(C)=O)[C@H](OC(C)=O)[C@H](OC(C)=O)[C@H]1OC(C)=O. The van der Waals surface area contributed by atoms with Crippen LogP contribution in [-0.4, -0.2) is 67.8 Å². The molecule has 5 atom stereocenters. The van der Waals surface area contributed by atoms with E-state index in [0.717, 1.165) is 6.42 Å². The second kappa shape index (κ2) is 11.6. The molecule has 0 aliphatic carbocycles. The van der Waals surface area contributed by atoms with Gasteiger partial charge in [-0.2, -0.15) is 0 Å². The van der Waals surface area contributed by atoms with Crippen molar-refractivity contribution >= 4 is 23.9 Å². The third-order valence-electron chi connectivity index (χ3n) is 3.73. The van der Waals surface area contributed by atoms with Crippen molar-refractivity contribution < 1.29 is 47.6 Å². The highest BCUT2D eigenvalue weighted by Crippen LogP contribution is 2.30. The van der Waals surface area contributed by atoms with Crippen LogP contribution in [0.15, 0.2) is 0 Å². The summed E-state index contributed by atoms with van der Waals surface area (Å²) in [6.45, 7) is 6.72. The van der Waals surface area contributed by atoms with E-state index in [2.05, 4.69) is 0 Å². The minimum absolute atomic E-state index is 0.272. The predicted molar refractivity (Wildman–Crippen MR) is 92.8 cm³/mol. The van der Waals surface area contributed by atoms with Crippen molar-refractivity contribution in [1.82, 2.24) is 0 Å². The van der Waals surface area contributed by atoms with Gasteiger partial charge in [-0.05, 0) is 6.42 Å². The summed E-state index contributed by atoms with van der Waals surface area (Å²) in [4.78, 5) is 46.0. The van der Waals surface area contributed by atoms with Gasteiger partial charge in [0.1, 0.15) is 12.7 Å². The van der Waals surface area contributed by atoms with Crippen LogP contribution in [-0.2, 0) is 47.6 Å². The number of carbonyl (C=O) groups is 4. The highest BCUT2D eigenvalue weighted by Gasteiger charge is 2.52. The largest absolute Gasteiger partial charge is 0.463 e. The van der Waals surface area contributed by atoms with Crippen LogP contribution in [0.3, 0.4) is 0 Å². The van der Waals surface area contributed by atoms with Gasteiger partial charge in [-0.25, -0.2) is 0 Å². The molecule has 0 saturated carbocycles. The van der Waals surface area contributed by atoms with Gasteiger partial charge in [0.25, 0.3) is 0 Å². The average Bonchev–Trinajstić information content (AvgIpc) is 2.57. The molecule has 1 rings (SSSR count). The Morgan fingerprint density at radius 2 is 1.32 bits per heavy atom. The molecule has 0 amide bonds. The molecule has 1 heterocycles. The monoisotopic (exact) mass is 404 g/mol. The van der Waals surface area contributed by atoms with E-state index in [1.807, 2.05) is 6.92 Å². The van der Waals surface area contributed by atoms with Gasteiger partial charge < -0.3 is 28.4 Å². The lowest BCUT2D eigenvalue weighted by molar-refractivity contribution is -0.308. The first-order valence-corrected chi connectivity index (χ1v) is 9.07. The topological polar surface area (TPSA) is 124 Å². The van der Waals surface area contributed by atoms with Crippen molar-refractivity contribution in [2.24, 2.45) is 0 Å². The summed E-state index contributed by atoms with van der Waals surface area (Å²) in [5.74, 6) is -2.58. The second-order valence-corrected chi connectivity index (χ2v) is 6.29. The molecule has 1 aliphatic rings. The molecule has 1 aliphatic heterocycles. The molecule has 0 spiro atoms. The van der Waals surface area contributed by atoms with Crippen LogP contribution in [0.4, 0.5) is 0 Å².